The lowest BCUT2D eigenvalue weighted by Crippen LogP contribution is -2.08. The normalized spacial score (nSPS) is 11.0. The summed E-state index contributed by atoms with van der Waals surface area (Å²) in [5.41, 5.74) is 2.60. The fourth-order valence-electron chi connectivity index (χ4n) is 2.13. The van der Waals surface area contributed by atoms with Crippen LogP contribution in [0.3, 0.4) is 0 Å². The Hall–Kier alpha value is -3.82. The van der Waals surface area contributed by atoms with Gasteiger partial charge in [0.15, 0.2) is 0 Å². The van der Waals surface area contributed by atoms with E-state index in [2.05, 4.69) is 10.5 Å². The third-order valence-corrected chi connectivity index (χ3v) is 3.38. The van der Waals surface area contributed by atoms with Gasteiger partial charge in [-0.2, -0.15) is 5.10 Å². The summed E-state index contributed by atoms with van der Waals surface area (Å²) in [4.78, 5) is 31.2. The number of rotatable bonds is 8. The molecule has 0 radical (unpaired) electrons. The second-order valence-electron chi connectivity index (χ2n) is 5.15. The Labute approximate surface area is 147 Å². The molecule has 0 aliphatic heterocycles. The number of nitro groups is 2. The third kappa shape index (κ3) is 4.84. The number of aliphatic carboxylic acids is 1. The van der Waals surface area contributed by atoms with Gasteiger partial charge in [0.25, 0.3) is 5.69 Å². The van der Waals surface area contributed by atoms with Crippen molar-refractivity contribution < 1.29 is 19.7 Å². The van der Waals surface area contributed by atoms with Gasteiger partial charge in [0.1, 0.15) is 5.69 Å². The van der Waals surface area contributed by atoms with E-state index < -0.39 is 27.2 Å². The minimum absolute atomic E-state index is 0.0376. The van der Waals surface area contributed by atoms with Crippen LogP contribution in [0.2, 0.25) is 0 Å². The Morgan fingerprint density at radius 2 is 1.73 bits per heavy atom. The highest BCUT2D eigenvalue weighted by atomic mass is 16.6. The first-order valence-corrected chi connectivity index (χ1v) is 7.41. The molecule has 0 aliphatic carbocycles. The standard InChI is InChI=1S/C16H14N4O6/c21-16(22)9-8-13(11-4-2-1-3-5-11)17-18-14-7-6-12(19(23)24)10-15(14)20(25)26/h1-7,10,18H,8-9H2,(H,21,22). The lowest BCUT2D eigenvalue weighted by molar-refractivity contribution is -0.393. The van der Waals surface area contributed by atoms with E-state index in [1.165, 1.54) is 6.07 Å². The van der Waals surface area contributed by atoms with Crippen LogP contribution in [-0.4, -0.2) is 26.6 Å². The molecule has 134 valence electrons. The summed E-state index contributed by atoms with van der Waals surface area (Å²) in [5, 5.41) is 34.9. The summed E-state index contributed by atoms with van der Waals surface area (Å²) in [6, 6.07) is 11.9. The van der Waals surface area contributed by atoms with Gasteiger partial charge in [-0.1, -0.05) is 30.3 Å². The molecular formula is C16H14N4O6. The number of benzene rings is 2. The van der Waals surface area contributed by atoms with Crippen LogP contribution < -0.4 is 5.43 Å². The highest BCUT2D eigenvalue weighted by Gasteiger charge is 2.19. The van der Waals surface area contributed by atoms with Crippen molar-refractivity contribution in [3.05, 3.63) is 74.3 Å². The van der Waals surface area contributed by atoms with Crippen LogP contribution >= 0.6 is 0 Å². The van der Waals surface area contributed by atoms with E-state index in [-0.39, 0.29) is 18.5 Å². The fraction of sp³-hybridized carbons (Fsp3) is 0.125. The SMILES string of the molecule is O=C(O)CCC(=NNc1ccc([N+](=O)[O-])cc1[N+](=O)[O-])c1ccccc1. The summed E-state index contributed by atoms with van der Waals surface area (Å²) in [7, 11) is 0. The van der Waals surface area contributed by atoms with Crippen molar-refractivity contribution in [2.45, 2.75) is 12.8 Å². The maximum atomic E-state index is 11.1. The van der Waals surface area contributed by atoms with Gasteiger partial charge in [0.2, 0.25) is 0 Å². The smallest absolute Gasteiger partial charge is 0.303 e. The van der Waals surface area contributed by atoms with Crippen molar-refractivity contribution in [1.29, 1.82) is 0 Å². The first-order valence-electron chi connectivity index (χ1n) is 7.41. The number of hydrogen-bond acceptors (Lipinski definition) is 7. The lowest BCUT2D eigenvalue weighted by atomic mass is 10.1. The van der Waals surface area contributed by atoms with Crippen LogP contribution in [0.5, 0.6) is 0 Å². The van der Waals surface area contributed by atoms with E-state index in [0.29, 0.717) is 11.3 Å². The Bertz CT molecular complexity index is 866. The molecule has 0 aromatic heterocycles. The maximum Gasteiger partial charge on any atom is 0.303 e. The molecule has 0 aliphatic rings. The van der Waals surface area contributed by atoms with E-state index >= 15 is 0 Å². The highest BCUT2D eigenvalue weighted by molar-refractivity contribution is 6.02. The second kappa shape index (κ2) is 8.33. The van der Waals surface area contributed by atoms with Crippen molar-refractivity contribution in [1.82, 2.24) is 0 Å². The summed E-state index contributed by atoms with van der Waals surface area (Å²) in [5.74, 6) is -1.00. The van der Waals surface area contributed by atoms with Crippen LogP contribution in [0.4, 0.5) is 17.1 Å². The van der Waals surface area contributed by atoms with Gasteiger partial charge in [-0.05, 0) is 11.6 Å². The molecule has 2 rings (SSSR count). The number of nitro benzene ring substituents is 2. The van der Waals surface area contributed by atoms with Gasteiger partial charge < -0.3 is 5.11 Å². The molecule has 2 N–H and O–H groups in total. The summed E-state index contributed by atoms with van der Waals surface area (Å²) in [6.45, 7) is 0. The number of carbonyl (C=O) groups is 1. The third-order valence-electron chi connectivity index (χ3n) is 3.38. The van der Waals surface area contributed by atoms with Gasteiger partial charge in [-0.15, -0.1) is 0 Å². The topological polar surface area (TPSA) is 148 Å². The predicted octanol–water partition coefficient (Wildman–Crippen LogP) is 3.18. The summed E-state index contributed by atoms with van der Waals surface area (Å²) < 4.78 is 0. The molecule has 0 spiro atoms. The van der Waals surface area contributed by atoms with Crippen molar-refractivity contribution in [3.8, 4) is 0 Å². The number of hydrazone groups is 1. The monoisotopic (exact) mass is 358 g/mol. The lowest BCUT2D eigenvalue weighted by Gasteiger charge is -2.07. The molecule has 0 heterocycles. The Kier molecular flexibility index (Phi) is 5.93. The molecule has 0 amide bonds. The fourth-order valence-corrected chi connectivity index (χ4v) is 2.13. The number of carboxylic acid groups (broad SMARTS) is 1. The molecule has 2 aromatic carbocycles. The molecule has 0 atom stereocenters. The second-order valence-corrected chi connectivity index (χ2v) is 5.15. The number of nitrogens with zero attached hydrogens (tertiary/aromatic N) is 3. The largest absolute Gasteiger partial charge is 0.481 e. The molecular weight excluding hydrogens is 344 g/mol. The zero-order chi connectivity index (χ0) is 19.1. The number of nitrogens with one attached hydrogen (secondary N) is 1. The minimum atomic E-state index is -1.00. The first kappa shape index (κ1) is 18.5. The predicted molar refractivity (Wildman–Crippen MR) is 93.2 cm³/mol. The molecule has 0 saturated carbocycles. The molecule has 2 aromatic rings. The molecule has 0 bridgehead atoms. The Morgan fingerprint density at radius 3 is 2.31 bits per heavy atom. The van der Waals surface area contributed by atoms with Crippen LogP contribution in [0.25, 0.3) is 0 Å². The van der Waals surface area contributed by atoms with E-state index in [1.807, 2.05) is 0 Å². The van der Waals surface area contributed by atoms with Crippen molar-refractivity contribution in [2.75, 3.05) is 5.43 Å². The van der Waals surface area contributed by atoms with Crippen LogP contribution in [0, 0.1) is 20.2 Å². The van der Waals surface area contributed by atoms with Crippen molar-refractivity contribution in [2.24, 2.45) is 5.10 Å². The van der Waals surface area contributed by atoms with E-state index in [9.17, 15) is 25.0 Å². The zero-order valence-corrected chi connectivity index (χ0v) is 13.4. The maximum absolute atomic E-state index is 11.1. The molecule has 0 saturated heterocycles. The van der Waals surface area contributed by atoms with E-state index in [1.54, 1.807) is 30.3 Å². The van der Waals surface area contributed by atoms with Gasteiger partial charge in [0, 0.05) is 12.5 Å². The Balaban J connectivity index is 2.35. The van der Waals surface area contributed by atoms with Crippen LogP contribution in [-0.2, 0) is 4.79 Å². The number of non-ortho nitro benzene ring substituents is 1. The van der Waals surface area contributed by atoms with Gasteiger partial charge >= 0.3 is 11.7 Å². The van der Waals surface area contributed by atoms with Crippen LogP contribution in [0.1, 0.15) is 18.4 Å². The molecule has 10 heteroatoms. The molecule has 0 fully saturated rings. The number of anilines is 1. The van der Waals surface area contributed by atoms with Gasteiger partial charge in [0.05, 0.1) is 28.0 Å². The average Bonchev–Trinajstić information content (AvgIpc) is 2.62. The summed E-state index contributed by atoms with van der Waals surface area (Å²) in [6.07, 6.45) is -0.0646. The number of hydrogen-bond donors (Lipinski definition) is 2. The van der Waals surface area contributed by atoms with Gasteiger partial charge in [-0.3, -0.25) is 30.4 Å². The molecule has 0 unspecified atom stereocenters. The van der Waals surface area contributed by atoms with Crippen LogP contribution in [0.15, 0.2) is 53.6 Å². The average molecular weight is 358 g/mol. The Morgan fingerprint density at radius 1 is 1.04 bits per heavy atom. The van der Waals surface area contributed by atoms with Gasteiger partial charge in [-0.25, -0.2) is 0 Å². The zero-order valence-electron chi connectivity index (χ0n) is 13.4. The van der Waals surface area contributed by atoms with E-state index in [4.69, 9.17) is 5.11 Å². The molecule has 10 nitrogen and oxygen atoms in total. The van der Waals surface area contributed by atoms with Crippen molar-refractivity contribution in [3.63, 3.8) is 0 Å². The minimum Gasteiger partial charge on any atom is -0.481 e. The first-order chi connectivity index (χ1) is 12.4. The van der Waals surface area contributed by atoms with E-state index in [0.717, 1.165) is 12.1 Å². The molecule has 26 heavy (non-hydrogen) atoms. The number of carboxylic acids is 1. The van der Waals surface area contributed by atoms with Crippen molar-refractivity contribution >= 4 is 28.7 Å². The summed E-state index contributed by atoms with van der Waals surface area (Å²) >= 11 is 0. The quantitative estimate of drug-likeness (QED) is 0.418. The highest BCUT2D eigenvalue weighted by Crippen LogP contribution is 2.29.